The first kappa shape index (κ1) is 11.0. The minimum absolute atomic E-state index is 0.805. The van der Waals surface area contributed by atoms with Crippen molar-refractivity contribution in [3.8, 4) is 5.75 Å². The van der Waals surface area contributed by atoms with Crippen molar-refractivity contribution in [2.75, 3.05) is 25.0 Å². The second-order valence-corrected chi connectivity index (χ2v) is 4.57. The molecule has 0 unspecified atom stereocenters. The van der Waals surface area contributed by atoms with Gasteiger partial charge in [-0.05, 0) is 19.0 Å². The molecule has 0 N–H and O–H groups in total. The molecule has 0 saturated heterocycles. The molecule has 15 heavy (non-hydrogen) atoms. The minimum Gasteiger partial charge on any atom is -0.492 e. The van der Waals surface area contributed by atoms with Crippen LogP contribution in [0, 0.1) is 0 Å². The molecule has 0 bridgehead atoms. The molecule has 1 aromatic carbocycles. The Morgan fingerprint density at radius 3 is 3.07 bits per heavy atom. The molecule has 1 aromatic rings. The van der Waals surface area contributed by atoms with E-state index in [1.54, 1.807) is 0 Å². The zero-order valence-corrected chi connectivity index (χ0v) is 10.4. The molecule has 0 spiro atoms. The maximum atomic E-state index is 5.71. The molecular formula is C12H16BrNO. The number of rotatable bonds is 3. The second-order valence-electron chi connectivity index (χ2n) is 3.77. The highest BCUT2D eigenvalue weighted by Gasteiger charge is 2.13. The van der Waals surface area contributed by atoms with Crippen molar-refractivity contribution in [3.63, 3.8) is 0 Å². The smallest absolute Gasteiger partial charge is 0.123 e. The van der Waals surface area contributed by atoms with Gasteiger partial charge in [0.05, 0.1) is 0 Å². The number of hydrogen-bond donors (Lipinski definition) is 0. The minimum atomic E-state index is 0.805. The number of para-hydroxylation sites is 1. The number of fused-ring (bicyclic) bond motifs is 1. The van der Waals surface area contributed by atoms with E-state index < -0.39 is 0 Å². The zero-order chi connectivity index (χ0) is 10.5. The van der Waals surface area contributed by atoms with E-state index in [9.17, 15) is 0 Å². The van der Waals surface area contributed by atoms with Gasteiger partial charge >= 0.3 is 0 Å². The molecule has 0 atom stereocenters. The van der Waals surface area contributed by atoms with Crippen LogP contribution < -0.4 is 4.74 Å². The van der Waals surface area contributed by atoms with Gasteiger partial charge in [-0.15, -0.1) is 0 Å². The maximum absolute atomic E-state index is 5.71. The van der Waals surface area contributed by atoms with E-state index in [0.29, 0.717) is 0 Å². The molecule has 0 amide bonds. The van der Waals surface area contributed by atoms with E-state index in [-0.39, 0.29) is 0 Å². The Morgan fingerprint density at radius 2 is 2.20 bits per heavy atom. The van der Waals surface area contributed by atoms with E-state index in [4.69, 9.17) is 4.74 Å². The summed E-state index contributed by atoms with van der Waals surface area (Å²) < 4.78 is 5.71. The fraction of sp³-hybridized carbons (Fsp3) is 0.500. The molecule has 82 valence electrons. The fourth-order valence-electron chi connectivity index (χ4n) is 1.85. The van der Waals surface area contributed by atoms with Crippen molar-refractivity contribution in [3.05, 3.63) is 29.8 Å². The number of halogens is 1. The predicted molar refractivity (Wildman–Crippen MR) is 65.6 cm³/mol. The van der Waals surface area contributed by atoms with E-state index in [2.05, 4.69) is 39.0 Å². The van der Waals surface area contributed by atoms with Crippen LogP contribution in [0.25, 0.3) is 0 Å². The lowest BCUT2D eigenvalue weighted by atomic mass is 10.2. The first-order valence-electron chi connectivity index (χ1n) is 5.39. The van der Waals surface area contributed by atoms with Crippen LogP contribution in [0.15, 0.2) is 24.3 Å². The molecule has 0 saturated carbocycles. The summed E-state index contributed by atoms with van der Waals surface area (Å²) in [5.41, 5.74) is 1.31. The van der Waals surface area contributed by atoms with Gasteiger partial charge in [-0.1, -0.05) is 34.1 Å². The first-order valence-corrected chi connectivity index (χ1v) is 6.51. The van der Waals surface area contributed by atoms with Gasteiger partial charge < -0.3 is 4.74 Å². The molecule has 3 heteroatoms. The highest BCUT2D eigenvalue weighted by atomic mass is 79.9. The Balaban J connectivity index is 2.04. The summed E-state index contributed by atoms with van der Waals surface area (Å²) in [7, 11) is 0. The van der Waals surface area contributed by atoms with Gasteiger partial charge in [0.1, 0.15) is 12.4 Å². The average molecular weight is 270 g/mol. The van der Waals surface area contributed by atoms with Gasteiger partial charge in [0.25, 0.3) is 0 Å². The lowest BCUT2D eigenvalue weighted by Gasteiger charge is -2.18. The number of nitrogens with zero attached hydrogens (tertiary/aromatic N) is 1. The summed E-state index contributed by atoms with van der Waals surface area (Å²) in [6.45, 7) is 3.99. The summed E-state index contributed by atoms with van der Waals surface area (Å²) >= 11 is 3.47. The predicted octanol–water partition coefficient (Wildman–Crippen LogP) is 2.67. The van der Waals surface area contributed by atoms with Gasteiger partial charge in [0.15, 0.2) is 0 Å². The van der Waals surface area contributed by atoms with Gasteiger partial charge in [0, 0.05) is 24.0 Å². The van der Waals surface area contributed by atoms with Crippen LogP contribution >= 0.6 is 15.9 Å². The van der Waals surface area contributed by atoms with Crippen molar-refractivity contribution in [1.82, 2.24) is 4.90 Å². The van der Waals surface area contributed by atoms with Crippen LogP contribution in [-0.4, -0.2) is 29.9 Å². The van der Waals surface area contributed by atoms with Crippen LogP contribution in [0.1, 0.15) is 12.0 Å². The summed E-state index contributed by atoms with van der Waals surface area (Å²) in [5, 5.41) is 1.08. The monoisotopic (exact) mass is 269 g/mol. The summed E-state index contributed by atoms with van der Waals surface area (Å²) in [6.07, 6.45) is 1.20. The number of benzene rings is 1. The van der Waals surface area contributed by atoms with Crippen LogP contribution in [0.3, 0.4) is 0 Å². The summed E-state index contributed by atoms with van der Waals surface area (Å²) in [4.78, 5) is 2.45. The van der Waals surface area contributed by atoms with Crippen molar-refractivity contribution in [2.45, 2.75) is 13.0 Å². The zero-order valence-electron chi connectivity index (χ0n) is 8.79. The molecule has 1 aliphatic heterocycles. The number of alkyl halides is 1. The van der Waals surface area contributed by atoms with Gasteiger partial charge in [-0.2, -0.15) is 0 Å². The van der Waals surface area contributed by atoms with Crippen molar-refractivity contribution < 1.29 is 4.74 Å². The largest absolute Gasteiger partial charge is 0.492 e. The number of hydrogen-bond acceptors (Lipinski definition) is 2. The third kappa shape index (κ3) is 2.95. The SMILES string of the molecule is BrCCCN1CCOc2ccccc2C1. The lowest BCUT2D eigenvalue weighted by Crippen LogP contribution is -2.26. The first-order chi connectivity index (χ1) is 7.40. The molecule has 1 aliphatic rings. The fourth-order valence-corrected chi connectivity index (χ4v) is 2.10. The third-order valence-electron chi connectivity index (χ3n) is 2.64. The number of ether oxygens (including phenoxy) is 1. The Morgan fingerprint density at radius 1 is 1.33 bits per heavy atom. The Labute approximate surface area is 99.4 Å². The van der Waals surface area contributed by atoms with Crippen LogP contribution in [-0.2, 0) is 6.54 Å². The Bertz CT molecular complexity index is 314. The molecular weight excluding hydrogens is 254 g/mol. The van der Waals surface area contributed by atoms with Gasteiger partial charge in [0.2, 0.25) is 0 Å². The quantitative estimate of drug-likeness (QED) is 0.783. The van der Waals surface area contributed by atoms with Gasteiger partial charge in [-0.25, -0.2) is 0 Å². The van der Waals surface area contributed by atoms with E-state index in [1.807, 2.05) is 6.07 Å². The highest BCUT2D eigenvalue weighted by molar-refractivity contribution is 9.09. The van der Waals surface area contributed by atoms with Crippen molar-refractivity contribution in [2.24, 2.45) is 0 Å². The average Bonchev–Trinajstić information content (AvgIpc) is 2.47. The summed E-state index contributed by atoms with van der Waals surface area (Å²) in [5.74, 6) is 1.05. The van der Waals surface area contributed by atoms with E-state index in [0.717, 1.165) is 37.3 Å². The Kier molecular flexibility index (Phi) is 4.03. The summed E-state index contributed by atoms with van der Waals surface area (Å²) in [6, 6.07) is 8.33. The molecule has 2 rings (SSSR count). The maximum Gasteiger partial charge on any atom is 0.123 e. The van der Waals surface area contributed by atoms with Gasteiger partial charge in [-0.3, -0.25) is 4.90 Å². The second kappa shape index (κ2) is 5.52. The van der Waals surface area contributed by atoms with Crippen molar-refractivity contribution >= 4 is 15.9 Å². The van der Waals surface area contributed by atoms with E-state index in [1.165, 1.54) is 12.0 Å². The molecule has 2 nitrogen and oxygen atoms in total. The lowest BCUT2D eigenvalue weighted by molar-refractivity contribution is 0.227. The molecule has 0 radical (unpaired) electrons. The third-order valence-corrected chi connectivity index (χ3v) is 3.20. The molecule has 0 aliphatic carbocycles. The van der Waals surface area contributed by atoms with Crippen molar-refractivity contribution in [1.29, 1.82) is 0 Å². The standard InChI is InChI=1S/C12H16BrNO/c13-6-3-7-14-8-9-15-12-5-2-1-4-11(12)10-14/h1-2,4-5H,3,6-10H2. The molecule has 1 heterocycles. The van der Waals surface area contributed by atoms with Crippen LogP contribution in [0.2, 0.25) is 0 Å². The van der Waals surface area contributed by atoms with Crippen LogP contribution in [0.5, 0.6) is 5.75 Å². The van der Waals surface area contributed by atoms with E-state index >= 15 is 0 Å². The Hall–Kier alpha value is -0.540. The normalized spacial score (nSPS) is 16.6. The van der Waals surface area contributed by atoms with Crippen LogP contribution in [0.4, 0.5) is 0 Å². The topological polar surface area (TPSA) is 12.5 Å². The molecule has 0 aromatic heterocycles. The highest BCUT2D eigenvalue weighted by Crippen LogP contribution is 2.22. The molecule has 0 fully saturated rings.